The van der Waals surface area contributed by atoms with E-state index in [1.165, 1.54) is 21.9 Å². The van der Waals surface area contributed by atoms with Crippen molar-refractivity contribution in [1.82, 2.24) is 14.5 Å². The molecule has 0 atom stereocenters. The van der Waals surface area contributed by atoms with Crippen LogP contribution >= 0.6 is 0 Å². The molecule has 0 N–H and O–H groups in total. The van der Waals surface area contributed by atoms with E-state index in [0.29, 0.717) is 37.7 Å². The van der Waals surface area contributed by atoms with Crippen molar-refractivity contribution in [2.75, 3.05) is 32.2 Å². The lowest BCUT2D eigenvalue weighted by molar-refractivity contribution is 0.136. The number of hydrogen-bond acceptors (Lipinski definition) is 3. The Morgan fingerprint density at radius 2 is 1.85 bits per heavy atom. The van der Waals surface area contributed by atoms with Crippen molar-refractivity contribution in [2.45, 2.75) is 26.3 Å². The number of carbonyl (C=O) groups excluding carboxylic acids is 1. The zero-order valence-electron chi connectivity index (χ0n) is 16.0. The number of rotatable bonds is 7. The highest BCUT2D eigenvalue weighted by Gasteiger charge is 2.34. The van der Waals surface area contributed by atoms with Crippen LogP contribution in [-0.2, 0) is 17.7 Å². The zero-order chi connectivity index (χ0) is 19.6. The van der Waals surface area contributed by atoms with E-state index in [4.69, 9.17) is 9.72 Å². The number of fused-ring (bicyclic) bond motifs is 1. The molecule has 0 unspecified atom stereocenters. The number of urea groups is 1. The third-order valence-electron chi connectivity index (χ3n) is 4.67. The number of amides is 2. The number of halogens is 1. The minimum absolute atomic E-state index is 0.173. The number of hydrogen-bond donors (Lipinski definition) is 0. The first kappa shape index (κ1) is 19.1. The van der Waals surface area contributed by atoms with Gasteiger partial charge in [0.15, 0.2) is 5.82 Å². The molecule has 144 valence electrons. The number of benzene rings is 1. The van der Waals surface area contributed by atoms with Crippen LogP contribution in [0.5, 0.6) is 0 Å². The molecule has 0 fully saturated rings. The predicted octanol–water partition coefficient (Wildman–Crippen LogP) is 3.51. The zero-order valence-corrected chi connectivity index (χ0v) is 16.0. The van der Waals surface area contributed by atoms with Gasteiger partial charge in [0.25, 0.3) is 0 Å². The normalized spacial score (nSPS) is 14.1. The Morgan fingerprint density at radius 1 is 1.15 bits per heavy atom. The van der Waals surface area contributed by atoms with Gasteiger partial charge in [0, 0.05) is 33.7 Å². The van der Waals surface area contributed by atoms with Gasteiger partial charge in [0.05, 0.1) is 12.3 Å². The summed E-state index contributed by atoms with van der Waals surface area (Å²) in [6.45, 7) is 7.92. The molecule has 2 amide bonds. The van der Waals surface area contributed by atoms with Gasteiger partial charge in [-0.05, 0) is 24.1 Å². The van der Waals surface area contributed by atoms with E-state index < -0.39 is 0 Å². The van der Waals surface area contributed by atoms with Crippen molar-refractivity contribution < 1.29 is 13.9 Å². The number of imidazole rings is 1. The lowest BCUT2D eigenvalue weighted by Crippen LogP contribution is -2.42. The quantitative estimate of drug-likeness (QED) is 0.699. The van der Waals surface area contributed by atoms with E-state index in [2.05, 4.69) is 13.5 Å². The van der Waals surface area contributed by atoms with Crippen molar-refractivity contribution in [3.8, 4) is 0 Å². The molecule has 1 aromatic carbocycles. The average Bonchev–Trinajstić information content (AvgIpc) is 3.02. The molecule has 0 bridgehead atoms. The Kier molecular flexibility index (Phi) is 5.60. The van der Waals surface area contributed by atoms with Gasteiger partial charge >= 0.3 is 6.03 Å². The van der Waals surface area contributed by atoms with Crippen LogP contribution in [0, 0.1) is 5.82 Å². The van der Waals surface area contributed by atoms with Crippen LogP contribution in [0.15, 0.2) is 30.8 Å². The first-order valence-corrected chi connectivity index (χ1v) is 9.06. The van der Waals surface area contributed by atoms with Gasteiger partial charge in [0.2, 0.25) is 0 Å². The highest BCUT2D eigenvalue weighted by Crippen LogP contribution is 2.34. The van der Waals surface area contributed by atoms with Crippen LogP contribution in [0.1, 0.15) is 30.4 Å². The molecule has 3 rings (SSSR count). The lowest BCUT2D eigenvalue weighted by Gasteiger charge is -2.32. The summed E-state index contributed by atoms with van der Waals surface area (Å²) in [6, 6.07) is 6.22. The van der Waals surface area contributed by atoms with Gasteiger partial charge in [-0.15, -0.1) is 0 Å². The second-order valence-electron chi connectivity index (χ2n) is 6.62. The van der Waals surface area contributed by atoms with Crippen molar-refractivity contribution in [3.05, 3.63) is 53.7 Å². The maximum absolute atomic E-state index is 13.3. The van der Waals surface area contributed by atoms with Crippen LogP contribution in [0.25, 0.3) is 5.70 Å². The van der Waals surface area contributed by atoms with Gasteiger partial charge in [-0.1, -0.05) is 25.6 Å². The maximum Gasteiger partial charge on any atom is 0.329 e. The molecule has 27 heavy (non-hydrogen) atoms. The molecule has 7 heteroatoms. The molecule has 2 aromatic rings. The molecule has 0 aliphatic carbocycles. The summed E-state index contributed by atoms with van der Waals surface area (Å²) in [5.74, 6) is 1.14. The highest BCUT2D eigenvalue weighted by atomic mass is 19.1. The number of nitrogens with zero attached hydrogens (tertiary/aromatic N) is 4. The summed E-state index contributed by atoms with van der Waals surface area (Å²) >= 11 is 0. The molecule has 1 aromatic heterocycles. The standard InChI is InChI=1S/C20H25FN4O2/c1-5-11-27-12-10-17-22-19-18(14(2)23(3)20(26)24(19)4)25(17)13-15-6-8-16(21)9-7-15/h6-9H,2,5,10-13H2,1,3-4H3. The molecular formula is C20H25FN4O2. The second kappa shape index (κ2) is 7.92. The molecule has 0 spiro atoms. The summed E-state index contributed by atoms with van der Waals surface area (Å²) in [5, 5.41) is 0. The van der Waals surface area contributed by atoms with Gasteiger partial charge in [0.1, 0.15) is 17.3 Å². The fraction of sp³-hybridized carbons (Fsp3) is 0.400. The number of aromatic nitrogens is 2. The largest absolute Gasteiger partial charge is 0.381 e. The van der Waals surface area contributed by atoms with Crippen molar-refractivity contribution in [3.63, 3.8) is 0 Å². The summed E-state index contributed by atoms with van der Waals surface area (Å²) in [7, 11) is 3.40. The van der Waals surface area contributed by atoms with Gasteiger partial charge in [-0.3, -0.25) is 9.80 Å². The third-order valence-corrected chi connectivity index (χ3v) is 4.67. The Balaban J connectivity index is 1.99. The average molecular weight is 372 g/mol. The van der Waals surface area contributed by atoms with Crippen LogP contribution in [-0.4, -0.2) is 47.8 Å². The highest BCUT2D eigenvalue weighted by molar-refractivity contribution is 6.02. The molecule has 1 aliphatic rings. The number of carbonyl (C=O) groups is 1. The molecule has 6 nitrogen and oxygen atoms in total. The minimum atomic E-state index is -0.269. The summed E-state index contributed by atoms with van der Waals surface area (Å²) in [5.41, 5.74) is 2.35. The van der Waals surface area contributed by atoms with Crippen LogP contribution in [0.2, 0.25) is 0 Å². The monoisotopic (exact) mass is 372 g/mol. The summed E-state index contributed by atoms with van der Waals surface area (Å²) in [6.07, 6.45) is 1.58. The van der Waals surface area contributed by atoms with E-state index >= 15 is 0 Å². The summed E-state index contributed by atoms with van der Waals surface area (Å²) in [4.78, 5) is 20.1. The Labute approximate surface area is 158 Å². The minimum Gasteiger partial charge on any atom is -0.381 e. The molecule has 0 radical (unpaired) electrons. The SMILES string of the molecule is C=C1c2c(nc(CCOCCC)n2Cc2ccc(F)cc2)N(C)C(=O)N1C. The van der Waals surface area contributed by atoms with E-state index in [1.807, 2.05) is 4.57 Å². The Hall–Kier alpha value is -2.67. The van der Waals surface area contributed by atoms with Crippen LogP contribution < -0.4 is 4.90 Å². The Morgan fingerprint density at radius 3 is 2.52 bits per heavy atom. The fourth-order valence-electron chi connectivity index (χ4n) is 3.14. The van der Waals surface area contributed by atoms with E-state index in [-0.39, 0.29) is 11.8 Å². The summed E-state index contributed by atoms with van der Waals surface area (Å²) < 4.78 is 20.9. The topological polar surface area (TPSA) is 50.6 Å². The van der Waals surface area contributed by atoms with Gasteiger partial charge in [-0.25, -0.2) is 14.2 Å². The van der Waals surface area contributed by atoms with E-state index in [0.717, 1.165) is 23.5 Å². The van der Waals surface area contributed by atoms with Crippen LogP contribution in [0.3, 0.4) is 0 Å². The van der Waals surface area contributed by atoms with Gasteiger partial charge < -0.3 is 9.30 Å². The maximum atomic E-state index is 13.3. The van der Waals surface area contributed by atoms with Gasteiger partial charge in [-0.2, -0.15) is 0 Å². The molecule has 0 saturated carbocycles. The predicted molar refractivity (Wildman–Crippen MR) is 103 cm³/mol. The molecule has 2 heterocycles. The lowest BCUT2D eigenvalue weighted by atomic mass is 10.2. The smallest absolute Gasteiger partial charge is 0.329 e. The molecular weight excluding hydrogens is 347 g/mol. The third kappa shape index (κ3) is 3.73. The fourth-order valence-corrected chi connectivity index (χ4v) is 3.14. The van der Waals surface area contributed by atoms with Crippen molar-refractivity contribution in [1.29, 1.82) is 0 Å². The van der Waals surface area contributed by atoms with Crippen molar-refractivity contribution >= 4 is 17.5 Å². The van der Waals surface area contributed by atoms with Crippen LogP contribution in [0.4, 0.5) is 15.0 Å². The molecule has 1 aliphatic heterocycles. The van der Waals surface area contributed by atoms with E-state index in [1.54, 1.807) is 26.2 Å². The number of anilines is 1. The first-order chi connectivity index (χ1) is 12.9. The number of ether oxygens (including phenoxy) is 1. The first-order valence-electron chi connectivity index (χ1n) is 9.06. The Bertz CT molecular complexity index is 844. The van der Waals surface area contributed by atoms with E-state index in [9.17, 15) is 9.18 Å². The van der Waals surface area contributed by atoms with Crippen molar-refractivity contribution in [2.24, 2.45) is 0 Å². The second-order valence-corrected chi connectivity index (χ2v) is 6.62. The molecule has 0 saturated heterocycles.